The van der Waals surface area contributed by atoms with Crippen molar-refractivity contribution in [1.82, 2.24) is 10.6 Å². The summed E-state index contributed by atoms with van der Waals surface area (Å²) in [5.41, 5.74) is 0. The predicted molar refractivity (Wildman–Crippen MR) is 109 cm³/mol. The molecule has 2 N–H and O–H groups in total. The molecule has 0 atom stereocenters. The smallest absolute Gasteiger partial charge is 0.191 e. The van der Waals surface area contributed by atoms with Gasteiger partial charge in [0.25, 0.3) is 0 Å². The third-order valence-electron chi connectivity index (χ3n) is 3.74. The Hall–Kier alpha value is -0.120. The Kier molecular flexibility index (Phi) is 16.3. The highest BCUT2D eigenvalue weighted by Crippen LogP contribution is 2.10. The second-order valence-corrected chi connectivity index (χ2v) is 6.26. The molecular weight excluding hydrogens is 421 g/mol. The van der Waals surface area contributed by atoms with Crippen LogP contribution in [0.4, 0.5) is 0 Å². The molecule has 1 aliphatic rings. The summed E-state index contributed by atoms with van der Waals surface area (Å²) >= 11 is 0. The fourth-order valence-electron chi connectivity index (χ4n) is 2.25. The molecule has 1 fully saturated rings. The van der Waals surface area contributed by atoms with E-state index in [9.17, 15) is 0 Å². The second-order valence-electron chi connectivity index (χ2n) is 6.26. The van der Waals surface area contributed by atoms with Crippen LogP contribution in [0.5, 0.6) is 0 Å². The number of rotatable bonds is 11. The van der Waals surface area contributed by atoms with Crippen LogP contribution in [0.15, 0.2) is 4.99 Å². The molecule has 0 amide bonds. The Bertz CT molecular complexity index is 311. The third-order valence-corrected chi connectivity index (χ3v) is 3.74. The van der Waals surface area contributed by atoms with Gasteiger partial charge in [-0.25, -0.2) is 0 Å². The van der Waals surface area contributed by atoms with Crippen LogP contribution >= 0.6 is 24.0 Å². The highest BCUT2D eigenvalue weighted by atomic mass is 127. The molecule has 0 bridgehead atoms. The van der Waals surface area contributed by atoms with Crippen molar-refractivity contribution >= 4 is 29.9 Å². The Morgan fingerprint density at radius 2 is 1.83 bits per heavy atom. The molecule has 0 unspecified atom stereocenters. The number of guanidine groups is 1. The number of nitrogens with one attached hydrogen (secondary N) is 2. The van der Waals surface area contributed by atoms with Gasteiger partial charge in [0.05, 0.1) is 12.7 Å². The summed E-state index contributed by atoms with van der Waals surface area (Å²) in [6, 6.07) is 0. The topological polar surface area (TPSA) is 64.1 Å². The van der Waals surface area contributed by atoms with Crippen LogP contribution in [0.3, 0.4) is 0 Å². The lowest BCUT2D eigenvalue weighted by atomic mass is 10.1. The van der Waals surface area contributed by atoms with Gasteiger partial charge >= 0.3 is 0 Å². The molecule has 24 heavy (non-hydrogen) atoms. The molecule has 0 aromatic carbocycles. The molecule has 0 aromatic heterocycles. The van der Waals surface area contributed by atoms with E-state index in [1.54, 1.807) is 7.05 Å². The maximum atomic E-state index is 5.84. The highest BCUT2D eigenvalue weighted by Gasteiger charge is 2.13. The molecule has 6 nitrogen and oxygen atoms in total. The maximum Gasteiger partial charge on any atom is 0.191 e. The van der Waals surface area contributed by atoms with Crippen molar-refractivity contribution in [3.05, 3.63) is 0 Å². The number of halogens is 1. The van der Waals surface area contributed by atoms with Crippen molar-refractivity contribution in [2.24, 2.45) is 10.9 Å². The average Bonchev–Trinajstić information content (AvgIpc) is 2.56. The second kappa shape index (κ2) is 16.4. The number of ether oxygens (including phenoxy) is 3. The minimum atomic E-state index is 0. The zero-order valence-corrected chi connectivity index (χ0v) is 17.8. The Balaban J connectivity index is 0.00000529. The van der Waals surface area contributed by atoms with E-state index in [0.717, 1.165) is 71.2 Å². The van der Waals surface area contributed by atoms with Crippen LogP contribution in [-0.4, -0.2) is 65.2 Å². The molecule has 144 valence electrons. The average molecular weight is 457 g/mol. The largest absolute Gasteiger partial charge is 0.381 e. The van der Waals surface area contributed by atoms with Gasteiger partial charge < -0.3 is 24.8 Å². The maximum absolute atomic E-state index is 5.84. The van der Waals surface area contributed by atoms with Crippen molar-refractivity contribution in [2.45, 2.75) is 45.6 Å². The van der Waals surface area contributed by atoms with Crippen LogP contribution in [0.25, 0.3) is 0 Å². The zero-order chi connectivity index (χ0) is 16.8. The molecule has 7 heteroatoms. The van der Waals surface area contributed by atoms with Crippen LogP contribution in [0.2, 0.25) is 0 Å². The van der Waals surface area contributed by atoms with Gasteiger partial charge in [-0.05, 0) is 31.6 Å². The lowest BCUT2D eigenvalue weighted by molar-refractivity contribution is -0.0320. The Morgan fingerprint density at radius 3 is 2.50 bits per heavy atom. The van der Waals surface area contributed by atoms with E-state index in [1.165, 1.54) is 0 Å². The minimum absolute atomic E-state index is 0. The molecule has 0 saturated carbocycles. The van der Waals surface area contributed by atoms with Crippen LogP contribution in [-0.2, 0) is 14.2 Å². The van der Waals surface area contributed by atoms with E-state index in [-0.39, 0.29) is 24.0 Å². The number of hydrogen-bond acceptors (Lipinski definition) is 4. The summed E-state index contributed by atoms with van der Waals surface area (Å²) in [5, 5.41) is 6.55. The molecule has 0 aromatic rings. The summed E-state index contributed by atoms with van der Waals surface area (Å²) in [5.74, 6) is 1.52. The Labute approximate surface area is 164 Å². The summed E-state index contributed by atoms with van der Waals surface area (Å²) in [6.45, 7) is 10.0. The normalized spacial score (nSPS) is 16.1. The van der Waals surface area contributed by atoms with Gasteiger partial charge in [0.15, 0.2) is 5.96 Å². The fourth-order valence-corrected chi connectivity index (χ4v) is 2.25. The summed E-state index contributed by atoms with van der Waals surface area (Å²) in [4.78, 5) is 4.20. The number of hydrogen-bond donors (Lipinski definition) is 2. The van der Waals surface area contributed by atoms with Crippen LogP contribution in [0, 0.1) is 5.92 Å². The van der Waals surface area contributed by atoms with Crippen molar-refractivity contribution in [3.63, 3.8) is 0 Å². The number of aliphatic imine (C=N–C) groups is 1. The zero-order valence-electron chi connectivity index (χ0n) is 15.5. The molecule has 0 aliphatic carbocycles. The van der Waals surface area contributed by atoms with Crippen molar-refractivity contribution in [2.75, 3.05) is 53.2 Å². The lowest BCUT2D eigenvalue weighted by Crippen LogP contribution is -2.39. The van der Waals surface area contributed by atoms with Gasteiger partial charge in [-0.1, -0.05) is 13.8 Å². The van der Waals surface area contributed by atoms with Crippen molar-refractivity contribution in [3.8, 4) is 0 Å². The first-order valence-corrected chi connectivity index (χ1v) is 8.94. The fraction of sp³-hybridized carbons (Fsp3) is 0.941. The van der Waals surface area contributed by atoms with E-state index >= 15 is 0 Å². The van der Waals surface area contributed by atoms with Gasteiger partial charge in [0.2, 0.25) is 0 Å². The van der Waals surface area contributed by atoms with E-state index in [4.69, 9.17) is 14.2 Å². The standard InChI is InChI=1S/C17H35N3O3.HI/c1-15(2)5-11-22-14-9-20-17(18-3)19-8-4-10-23-16-6-12-21-13-7-16;/h15-16H,4-14H2,1-3H3,(H2,18,19,20);1H. The molecular formula is C17H36IN3O3. The highest BCUT2D eigenvalue weighted by molar-refractivity contribution is 14.0. The summed E-state index contributed by atoms with van der Waals surface area (Å²) in [6.07, 6.45) is 4.51. The van der Waals surface area contributed by atoms with E-state index in [1.807, 2.05) is 0 Å². The first-order chi connectivity index (χ1) is 11.2. The third kappa shape index (κ3) is 13.2. The van der Waals surface area contributed by atoms with Crippen molar-refractivity contribution in [1.29, 1.82) is 0 Å². The SMILES string of the molecule is CN=C(NCCCOC1CCOCC1)NCCOCCC(C)C.I. The predicted octanol–water partition coefficient (Wildman–Crippen LogP) is 2.42. The van der Waals surface area contributed by atoms with Crippen LogP contribution < -0.4 is 10.6 Å². The Morgan fingerprint density at radius 1 is 1.12 bits per heavy atom. The van der Waals surface area contributed by atoms with Gasteiger partial charge in [-0.15, -0.1) is 24.0 Å². The first kappa shape index (κ1) is 23.9. The van der Waals surface area contributed by atoms with Crippen molar-refractivity contribution < 1.29 is 14.2 Å². The summed E-state index contributed by atoms with van der Waals surface area (Å²) < 4.78 is 16.7. The van der Waals surface area contributed by atoms with Crippen LogP contribution in [0.1, 0.15) is 39.5 Å². The summed E-state index contributed by atoms with van der Waals surface area (Å²) in [7, 11) is 1.79. The first-order valence-electron chi connectivity index (χ1n) is 8.94. The van der Waals surface area contributed by atoms with Gasteiger partial charge in [0.1, 0.15) is 0 Å². The molecule has 1 saturated heterocycles. The molecule has 1 aliphatic heterocycles. The molecule has 0 spiro atoms. The number of nitrogens with zero attached hydrogens (tertiary/aromatic N) is 1. The van der Waals surface area contributed by atoms with E-state index in [0.29, 0.717) is 18.6 Å². The van der Waals surface area contributed by atoms with E-state index in [2.05, 4.69) is 29.5 Å². The molecule has 1 rings (SSSR count). The van der Waals surface area contributed by atoms with Gasteiger partial charge in [-0.3, -0.25) is 4.99 Å². The molecule has 1 heterocycles. The molecule has 0 radical (unpaired) electrons. The lowest BCUT2D eigenvalue weighted by Gasteiger charge is -2.22. The minimum Gasteiger partial charge on any atom is -0.381 e. The monoisotopic (exact) mass is 457 g/mol. The van der Waals surface area contributed by atoms with Gasteiger partial charge in [-0.2, -0.15) is 0 Å². The van der Waals surface area contributed by atoms with Gasteiger partial charge in [0, 0.05) is 46.6 Å². The quantitative estimate of drug-likeness (QED) is 0.216. The van der Waals surface area contributed by atoms with E-state index < -0.39 is 0 Å².